The van der Waals surface area contributed by atoms with E-state index in [1.54, 1.807) is 0 Å². The molecule has 0 saturated carbocycles. The normalized spacial score (nSPS) is 11.3. The van der Waals surface area contributed by atoms with Crippen LogP contribution >= 0.6 is 15.9 Å². The van der Waals surface area contributed by atoms with Crippen LogP contribution in [-0.4, -0.2) is 4.57 Å². The quantitative estimate of drug-likeness (QED) is 0.296. The first-order valence-electron chi connectivity index (χ1n) is 8.66. The lowest BCUT2D eigenvalue weighted by Gasteiger charge is -2.08. The van der Waals surface area contributed by atoms with Crippen LogP contribution in [-0.2, 0) is 0 Å². The molecule has 0 N–H and O–H groups in total. The fraction of sp³-hybridized carbons (Fsp3) is 0. The zero-order chi connectivity index (χ0) is 17.5. The molecule has 0 atom stereocenters. The van der Waals surface area contributed by atoms with Gasteiger partial charge in [0.15, 0.2) is 0 Å². The van der Waals surface area contributed by atoms with Gasteiger partial charge < -0.3 is 4.57 Å². The van der Waals surface area contributed by atoms with Crippen molar-refractivity contribution in [1.82, 2.24) is 4.57 Å². The third-order valence-corrected chi connectivity index (χ3v) is 5.34. The zero-order valence-electron chi connectivity index (χ0n) is 14.1. The number of hydrogen-bond donors (Lipinski definition) is 0. The minimum absolute atomic E-state index is 1.10. The molecule has 5 aromatic rings. The Morgan fingerprint density at radius 2 is 1.27 bits per heavy atom. The second-order valence-corrected chi connectivity index (χ2v) is 7.35. The van der Waals surface area contributed by atoms with Crippen LogP contribution in [0.1, 0.15) is 0 Å². The summed E-state index contributed by atoms with van der Waals surface area (Å²) in [5.41, 5.74) is 6.11. The van der Waals surface area contributed by atoms with E-state index in [0.717, 1.165) is 4.47 Å². The van der Waals surface area contributed by atoms with Crippen molar-refractivity contribution in [2.24, 2.45) is 0 Å². The van der Waals surface area contributed by atoms with E-state index in [1.165, 1.54) is 38.6 Å². The molecule has 2 heteroatoms. The predicted molar refractivity (Wildman–Crippen MR) is 114 cm³/mol. The first kappa shape index (κ1) is 15.4. The van der Waals surface area contributed by atoms with Gasteiger partial charge in [-0.15, -0.1) is 0 Å². The first-order valence-corrected chi connectivity index (χ1v) is 9.45. The van der Waals surface area contributed by atoms with E-state index in [4.69, 9.17) is 0 Å². The van der Waals surface area contributed by atoms with Crippen LogP contribution in [0.25, 0.3) is 38.6 Å². The van der Waals surface area contributed by atoms with E-state index in [2.05, 4.69) is 118 Å². The molecule has 1 nitrogen and oxygen atoms in total. The van der Waals surface area contributed by atoms with E-state index in [-0.39, 0.29) is 0 Å². The maximum atomic E-state index is 3.58. The average Bonchev–Trinajstić information content (AvgIpc) is 3.02. The molecule has 0 fully saturated rings. The summed E-state index contributed by atoms with van der Waals surface area (Å²) in [5, 5.41) is 2.56. The fourth-order valence-electron chi connectivity index (χ4n) is 3.68. The zero-order valence-corrected chi connectivity index (χ0v) is 15.6. The van der Waals surface area contributed by atoms with Gasteiger partial charge in [-0.05, 0) is 53.6 Å². The molecular formula is C24H16BrN. The smallest absolute Gasteiger partial charge is 0.0541 e. The molecule has 4 aromatic carbocycles. The van der Waals surface area contributed by atoms with Crippen LogP contribution in [0.4, 0.5) is 0 Å². The average molecular weight is 398 g/mol. The van der Waals surface area contributed by atoms with Crippen molar-refractivity contribution in [3.63, 3.8) is 0 Å². The summed E-state index contributed by atoms with van der Waals surface area (Å²) in [5.74, 6) is 0. The van der Waals surface area contributed by atoms with Crippen LogP contribution < -0.4 is 0 Å². The standard InChI is InChI=1S/C24H16BrN/c25-19-8-6-7-17(15-19)18-13-14-24-22(16-18)21-11-4-5-12-23(21)26(24)20-9-2-1-3-10-20/h1-16H. The molecule has 1 heterocycles. The molecule has 0 radical (unpaired) electrons. The van der Waals surface area contributed by atoms with E-state index >= 15 is 0 Å². The summed E-state index contributed by atoms with van der Waals surface area (Å²) < 4.78 is 3.44. The van der Waals surface area contributed by atoms with E-state index in [1.807, 2.05) is 0 Å². The topological polar surface area (TPSA) is 4.93 Å². The molecule has 0 bridgehead atoms. The Bertz CT molecular complexity index is 1240. The summed E-state index contributed by atoms with van der Waals surface area (Å²) in [7, 11) is 0. The Morgan fingerprint density at radius 3 is 2.12 bits per heavy atom. The van der Waals surface area contributed by atoms with Gasteiger partial charge in [0.25, 0.3) is 0 Å². The van der Waals surface area contributed by atoms with E-state index in [9.17, 15) is 0 Å². The highest BCUT2D eigenvalue weighted by molar-refractivity contribution is 9.10. The minimum Gasteiger partial charge on any atom is -0.309 e. The van der Waals surface area contributed by atoms with Gasteiger partial charge in [0.1, 0.15) is 0 Å². The number of fused-ring (bicyclic) bond motifs is 3. The summed E-state index contributed by atoms with van der Waals surface area (Å²) in [6.45, 7) is 0. The summed E-state index contributed by atoms with van der Waals surface area (Å²) in [6.07, 6.45) is 0. The van der Waals surface area contributed by atoms with Gasteiger partial charge in [-0.2, -0.15) is 0 Å². The molecule has 0 spiro atoms. The van der Waals surface area contributed by atoms with Crippen molar-refractivity contribution in [3.8, 4) is 16.8 Å². The number of hydrogen-bond acceptors (Lipinski definition) is 0. The number of aromatic nitrogens is 1. The maximum absolute atomic E-state index is 3.58. The lowest BCUT2D eigenvalue weighted by Crippen LogP contribution is -1.92. The Balaban J connectivity index is 1.84. The van der Waals surface area contributed by atoms with Crippen molar-refractivity contribution < 1.29 is 0 Å². The van der Waals surface area contributed by atoms with Crippen LogP contribution in [0, 0.1) is 0 Å². The van der Waals surface area contributed by atoms with Crippen molar-refractivity contribution in [2.75, 3.05) is 0 Å². The molecular weight excluding hydrogens is 382 g/mol. The highest BCUT2D eigenvalue weighted by Crippen LogP contribution is 2.35. The lowest BCUT2D eigenvalue weighted by atomic mass is 10.0. The first-order chi connectivity index (χ1) is 12.8. The molecule has 1 aromatic heterocycles. The Morgan fingerprint density at radius 1 is 0.538 bits per heavy atom. The van der Waals surface area contributed by atoms with Crippen molar-refractivity contribution in [2.45, 2.75) is 0 Å². The molecule has 0 amide bonds. The highest BCUT2D eigenvalue weighted by Gasteiger charge is 2.12. The Hall–Kier alpha value is -2.84. The molecule has 0 saturated heterocycles. The Kier molecular flexibility index (Phi) is 3.65. The Labute approximate surface area is 160 Å². The number of halogens is 1. The van der Waals surface area contributed by atoms with E-state index < -0.39 is 0 Å². The summed E-state index contributed by atoms with van der Waals surface area (Å²) >= 11 is 3.58. The molecule has 0 aliphatic carbocycles. The maximum Gasteiger partial charge on any atom is 0.0541 e. The molecule has 5 rings (SSSR count). The van der Waals surface area contributed by atoms with E-state index in [0.29, 0.717) is 0 Å². The van der Waals surface area contributed by atoms with Crippen LogP contribution in [0.15, 0.2) is 102 Å². The molecule has 124 valence electrons. The second kappa shape index (κ2) is 6.15. The van der Waals surface area contributed by atoms with Gasteiger partial charge >= 0.3 is 0 Å². The van der Waals surface area contributed by atoms with Gasteiger partial charge in [-0.1, -0.05) is 70.5 Å². The second-order valence-electron chi connectivity index (χ2n) is 6.43. The third kappa shape index (κ3) is 2.46. The number of para-hydroxylation sites is 2. The predicted octanol–water partition coefficient (Wildman–Crippen LogP) is 7.21. The SMILES string of the molecule is Brc1cccc(-c2ccc3c(c2)c2ccccc2n3-c2ccccc2)c1. The minimum atomic E-state index is 1.10. The molecule has 0 aliphatic heterocycles. The number of benzene rings is 4. The largest absolute Gasteiger partial charge is 0.309 e. The fourth-order valence-corrected chi connectivity index (χ4v) is 4.07. The summed E-state index contributed by atoms with van der Waals surface area (Å²) in [4.78, 5) is 0. The monoisotopic (exact) mass is 397 g/mol. The van der Waals surface area contributed by atoms with Crippen molar-refractivity contribution in [1.29, 1.82) is 0 Å². The van der Waals surface area contributed by atoms with Gasteiger partial charge in [0, 0.05) is 20.9 Å². The third-order valence-electron chi connectivity index (χ3n) is 4.84. The van der Waals surface area contributed by atoms with Crippen molar-refractivity contribution >= 4 is 37.7 Å². The molecule has 0 unspecified atom stereocenters. The number of rotatable bonds is 2. The lowest BCUT2D eigenvalue weighted by molar-refractivity contribution is 1.18. The number of nitrogens with zero attached hydrogens (tertiary/aromatic N) is 1. The van der Waals surface area contributed by atoms with Crippen LogP contribution in [0.2, 0.25) is 0 Å². The van der Waals surface area contributed by atoms with Crippen LogP contribution in [0.5, 0.6) is 0 Å². The van der Waals surface area contributed by atoms with Gasteiger partial charge in [-0.25, -0.2) is 0 Å². The molecule has 0 aliphatic rings. The molecule has 26 heavy (non-hydrogen) atoms. The van der Waals surface area contributed by atoms with Gasteiger partial charge in [-0.3, -0.25) is 0 Å². The summed E-state index contributed by atoms with van der Waals surface area (Å²) in [6, 6.07) is 34.4. The highest BCUT2D eigenvalue weighted by atomic mass is 79.9. The van der Waals surface area contributed by atoms with Crippen LogP contribution in [0.3, 0.4) is 0 Å². The van der Waals surface area contributed by atoms with Gasteiger partial charge in [0.2, 0.25) is 0 Å². The van der Waals surface area contributed by atoms with Gasteiger partial charge in [0.05, 0.1) is 11.0 Å². The van der Waals surface area contributed by atoms with Crippen molar-refractivity contribution in [3.05, 3.63) is 102 Å².